The van der Waals surface area contributed by atoms with Gasteiger partial charge in [-0.3, -0.25) is 0 Å². The van der Waals surface area contributed by atoms with Gasteiger partial charge in [-0.15, -0.1) is 0 Å². The molecule has 0 aliphatic carbocycles. The third kappa shape index (κ3) is 3.24. The Bertz CT molecular complexity index is 520. The fourth-order valence-electron chi connectivity index (χ4n) is 1.61. The molecule has 1 N–H and O–H groups in total. The fourth-order valence-corrected chi connectivity index (χ4v) is 2.56. The second-order valence-electron chi connectivity index (χ2n) is 3.94. The number of rotatable bonds is 3. The molecule has 0 aliphatic rings. The highest BCUT2D eigenvalue weighted by Gasteiger charge is 2.10. The molecular formula is C13H12ClIO2. The molecule has 4 heteroatoms. The number of hydrogen-bond acceptors (Lipinski definition) is 2. The summed E-state index contributed by atoms with van der Waals surface area (Å²) in [5, 5.41) is 9.97. The first-order valence-corrected chi connectivity index (χ1v) is 6.74. The van der Waals surface area contributed by atoms with Gasteiger partial charge in [0.1, 0.15) is 11.5 Å². The van der Waals surface area contributed by atoms with E-state index in [1.807, 2.05) is 30.3 Å². The van der Waals surface area contributed by atoms with Crippen LogP contribution in [0.1, 0.15) is 12.7 Å². The lowest BCUT2D eigenvalue weighted by Gasteiger charge is -2.02. The molecule has 0 saturated heterocycles. The van der Waals surface area contributed by atoms with E-state index in [0.29, 0.717) is 11.4 Å². The SMILES string of the molecule is CC(O)Cc1ccc(-c2ccc(I)cc2Cl)o1. The molecule has 0 saturated carbocycles. The van der Waals surface area contributed by atoms with Crippen LogP contribution in [0.4, 0.5) is 0 Å². The predicted octanol–water partition coefficient (Wildman–Crippen LogP) is 4.13. The van der Waals surface area contributed by atoms with Crippen molar-refractivity contribution in [3.05, 3.63) is 44.7 Å². The van der Waals surface area contributed by atoms with Crippen LogP contribution in [0.2, 0.25) is 5.02 Å². The highest BCUT2D eigenvalue weighted by molar-refractivity contribution is 14.1. The summed E-state index contributed by atoms with van der Waals surface area (Å²) in [5.74, 6) is 1.51. The number of aliphatic hydroxyl groups excluding tert-OH is 1. The molecule has 90 valence electrons. The highest BCUT2D eigenvalue weighted by Crippen LogP contribution is 2.30. The van der Waals surface area contributed by atoms with E-state index in [2.05, 4.69) is 22.6 Å². The Morgan fingerprint density at radius 3 is 2.76 bits per heavy atom. The lowest BCUT2D eigenvalue weighted by Crippen LogP contribution is -2.02. The Morgan fingerprint density at radius 1 is 1.35 bits per heavy atom. The first-order valence-electron chi connectivity index (χ1n) is 5.28. The second-order valence-corrected chi connectivity index (χ2v) is 5.60. The van der Waals surface area contributed by atoms with Crippen LogP contribution in [0.5, 0.6) is 0 Å². The molecule has 0 aliphatic heterocycles. The van der Waals surface area contributed by atoms with Crippen LogP contribution in [-0.2, 0) is 6.42 Å². The molecule has 1 aromatic carbocycles. The van der Waals surface area contributed by atoms with Crippen LogP contribution < -0.4 is 0 Å². The average molecular weight is 363 g/mol. The smallest absolute Gasteiger partial charge is 0.135 e. The van der Waals surface area contributed by atoms with E-state index in [1.165, 1.54) is 0 Å². The van der Waals surface area contributed by atoms with Crippen molar-refractivity contribution in [3.8, 4) is 11.3 Å². The maximum absolute atomic E-state index is 9.29. The maximum atomic E-state index is 9.29. The minimum Gasteiger partial charge on any atom is -0.461 e. The molecular weight excluding hydrogens is 350 g/mol. The van der Waals surface area contributed by atoms with E-state index in [4.69, 9.17) is 16.0 Å². The molecule has 0 spiro atoms. The van der Waals surface area contributed by atoms with Crippen LogP contribution >= 0.6 is 34.2 Å². The van der Waals surface area contributed by atoms with Gasteiger partial charge in [-0.25, -0.2) is 0 Å². The van der Waals surface area contributed by atoms with Crippen molar-refractivity contribution in [2.75, 3.05) is 0 Å². The van der Waals surface area contributed by atoms with Crippen molar-refractivity contribution in [1.82, 2.24) is 0 Å². The van der Waals surface area contributed by atoms with Gasteiger partial charge in [0.25, 0.3) is 0 Å². The zero-order valence-electron chi connectivity index (χ0n) is 9.28. The van der Waals surface area contributed by atoms with E-state index in [9.17, 15) is 5.11 Å². The van der Waals surface area contributed by atoms with E-state index >= 15 is 0 Å². The van der Waals surface area contributed by atoms with E-state index in [0.717, 1.165) is 20.7 Å². The zero-order chi connectivity index (χ0) is 12.4. The Kier molecular flexibility index (Phi) is 4.12. The van der Waals surface area contributed by atoms with Gasteiger partial charge in [0.15, 0.2) is 0 Å². The number of hydrogen-bond donors (Lipinski definition) is 1. The van der Waals surface area contributed by atoms with Gasteiger partial charge < -0.3 is 9.52 Å². The normalized spacial score (nSPS) is 12.7. The molecule has 1 aromatic heterocycles. The van der Waals surface area contributed by atoms with Gasteiger partial charge in [0.05, 0.1) is 11.1 Å². The van der Waals surface area contributed by atoms with Crippen molar-refractivity contribution in [2.24, 2.45) is 0 Å². The maximum Gasteiger partial charge on any atom is 0.135 e. The largest absolute Gasteiger partial charge is 0.461 e. The van der Waals surface area contributed by atoms with Gasteiger partial charge in [0, 0.05) is 15.6 Å². The van der Waals surface area contributed by atoms with Crippen LogP contribution in [0.3, 0.4) is 0 Å². The molecule has 0 fully saturated rings. The van der Waals surface area contributed by atoms with Gasteiger partial charge in [-0.1, -0.05) is 11.6 Å². The van der Waals surface area contributed by atoms with Gasteiger partial charge in [0.2, 0.25) is 0 Å². The second kappa shape index (κ2) is 5.42. The summed E-state index contributed by atoms with van der Waals surface area (Å²) in [7, 11) is 0. The van der Waals surface area contributed by atoms with Crippen LogP contribution in [0, 0.1) is 3.57 Å². The molecule has 2 aromatic rings. The van der Waals surface area contributed by atoms with E-state index in [-0.39, 0.29) is 0 Å². The number of halogens is 2. The average Bonchev–Trinajstić information content (AvgIpc) is 2.65. The Balaban J connectivity index is 2.30. The summed E-state index contributed by atoms with van der Waals surface area (Å²) in [5.41, 5.74) is 0.879. The molecule has 1 heterocycles. The summed E-state index contributed by atoms with van der Waals surface area (Å²) in [6.07, 6.45) is 0.114. The number of benzene rings is 1. The van der Waals surface area contributed by atoms with Crippen molar-refractivity contribution in [3.63, 3.8) is 0 Å². The van der Waals surface area contributed by atoms with Crippen molar-refractivity contribution in [1.29, 1.82) is 0 Å². The lowest BCUT2D eigenvalue weighted by molar-refractivity contribution is 0.187. The highest BCUT2D eigenvalue weighted by atomic mass is 127. The molecule has 0 amide bonds. The number of furan rings is 1. The van der Waals surface area contributed by atoms with Crippen molar-refractivity contribution in [2.45, 2.75) is 19.4 Å². The minimum absolute atomic E-state index is 0.402. The topological polar surface area (TPSA) is 33.4 Å². The van der Waals surface area contributed by atoms with Crippen LogP contribution in [0.15, 0.2) is 34.7 Å². The third-order valence-electron chi connectivity index (χ3n) is 2.35. The lowest BCUT2D eigenvalue weighted by atomic mass is 10.2. The summed E-state index contributed by atoms with van der Waals surface area (Å²) in [6.45, 7) is 1.74. The molecule has 2 rings (SSSR count). The summed E-state index contributed by atoms with van der Waals surface area (Å²) in [6, 6.07) is 9.57. The summed E-state index contributed by atoms with van der Waals surface area (Å²) < 4.78 is 6.74. The fraction of sp³-hybridized carbons (Fsp3) is 0.231. The van der Waals surface area contributed by atoms with Crippen LogP contribution in [-0.4, -0.2) is 11.2 Å². The minimum atomic E-state index is -0.402. The first-order chi connectivity index (χ1) is 8.06. The number of aliphatic hydroxyl groups is 1. The zero-order valence-corrected chi connectivity index (χ0v) is 12.2. The molecule has 0 radical (unpaired) electrons. The van der Waals surface area contributed by atoms with Gasteiger partial charge in [-0.05, 0) is 59.8 Å². The first kappa shape index (κ1) is 12.9. The van der Waals surface area contributed by atoms with Gasteiger partial charge >= 0.3 is 0 Å². The van der Waals surface area contributed by atoms with Crippen LogP contribution in [0.25, 0.3) is 11.3 Å². The summed E-state index contributed by atoms with van der Waals surface area (Å²) in [4.78, 5) is 0. The molecule has 0 bridgehead atoms. The Morgan fingerprint density at radius 2 is 2.12 bits per heavy atom. The molecule has 17 heavy (non-hydrogen) atoms. The Hall–Kier alpha value is -0.520. The third-order valence-corrected chi connectivity index (χ3v) is 3.34. The standard InChI is InChI=1S/C13H12ClIO2/c1-8(16)6-10-3-5-13(17-10)11-4-2-9(15)7-12(11)14/h2-5,7-8,16H,6H2,1H3. The molecule has 1 atom stereocenters. The van der Waals surface area contributed by atoms with Crippen molar-refractivity contribution < 1.29 is 9.52 Å². The Labute approximate surface area is 119 Å². The van der Waals surface area contributed by atoms with E-state index in [1.54, 1.807) is 6.92 Å². The van der Waals surface area contributed by atoms with Gasteiger partial charge in [-0.2, -0.15) is 0 Å². The van der Waals surface area contributed by atoms with Crippen molar-refractivity contribution >= 4 is 34.2 Å². The molecule has 1 unspecified atom stereocenters. The summed E-state index contributed by atoms with van der Waals surface area (Å²) >= 11 is 8.38. The molecule has 2 nitrogen and oxygen atoms in total. The quantitative estimate of drug-likeness (QED) is 0.833. The van der Waals surface area contributed by atoms with E-state index < -0.39 is 6.10 Å². The monoisotopic (exact) mass is 362 g/mol. The predicted molar refractivity (Wildman–Crippen MR) is 77.3 cm³/mol.